The molecule has 0 aromatic heterocycles. The molecular weight excluding hydrogens is 1130 g/mol. The van der Waals surface area contributed by atoms with Crippen LogP contribution in [0.2, 0.25) is 0 Å². The van der Waals surface area contributed by atoms with E-state index in [4.69, 9.17) is 18.9 Å². The van der Waals surface area contributed by atoms with Crippen molar-refractivity contribution in [1.82, 2.24) is 5.32 Å². The Morgan fingerprint density at radius 2 is 0.778 bits per heavy atom. The number of hydrogen-bond donors (Lipinski definition) is 9. The second-order valence-corrected chi connectivity index (χ2v) is 24.3. The van der Waals surface area contributed by atoms with Gasteiger partial charge in [-0.3, -0.25) is 4.79 Å². The molecule has 14 nitrogen and oxygen atoms in total. The summed E-state index contributed by atoms with van der Waals surface area (Å²) in [6.07, 6.45) is 70.8. The second kappa shape index (κ2) is 58.9. The van der Waals surface area contributed by atoms with Crippen molar-refractivity contribution in [2.75, 3.05) is 19.8 Å². The van der Waals surface area contributed by atoms with Gasteiger partial charge in [-0.05, 0) is 109 Å². The summed E-state index contributed by atoms with van der Waals surface area (Å²) in [7, 11) is 0. The van der Waals surface area contributed by atoms with Crippen LogP contribution >= 0.6 is 0 Å². The van der Waals surface area contributed by atoms with Crippen molar-refractivity contribution in [3.63, 3.8) is 0 Å². The first-order valence-electron chi connectivity index (χ1n) is 35.4. The average molecular weight is 1260 g/mol. The fourth-order valence-corrected chi connectivity index (χ4v) is 10.7. The van der Waals surface area contributed by atoms with Crippen LogP contribution in [0.5, 0.6) is 0 Å². The Bertz CT molecular complexity index is 2020. The van der Waals surface area contributed by atoms with E-state index in [1.165, 1.54) is 122 Å². The number of aliphatic hydroxyl groups excluding tert-OH is 8. The number of amides is 1. The lowest BCUT2D eigenvalue weighted by molar-refractivity contribution is -0.359. The molecule has 0 aromatic rings. The first-order chi connectivity index (χ1) is 44.1. The normalized spacial score (nSPS) is 23.8. The van der Waals surface area contributed by atoms with Gasteiger partial charge in [-0.1, -0.05) is 263 Å². The first kappa shape index (κ1) is 82.2. The molecule has 2 aliphatic rings. The molecule has 0 saturated carbocycles. The van der Waals surface area contributed by atoms with Gasteiger partial charge >= 0.3 is 0 Å². The van der Waals surface area contributed by atoms with Gasteiger partial charge in [0.2, 0.25) is 5.91 Å². The quantitative estimate of drug-likeness (QED) is 0.0204. The van der Waals surface area contributed by atoms with E-state index >= 15 is 0 Å². The van der Waals surface area contributed by atoms with Crippen LogP contribution in [0.4, 0.5) is 0 Å². The van der Waals surface area contributed by atoms with Crippen molar-refractivity contribution >= 4 is 5.91 Å². The van der Waals surface area contributed by atoms with Crippen LogP contribution in [-0.4, -0.2) is 140 Å². The van der Waals surface area contributed by atoms with E-state index in [-0.39, 0.29) is 18.9 Å². The van der Waals surface area contributed by atoms with Gasteiger partial charge in [0.15, 0.2) is 12.6 Å². The van der Waals surface area contributed by atoms with E-state index in [0.717, 1.165) is 89.9 Å². The van der Waals surface area contributed by atoms with Gasteiger partial charge in [0.1, 0.15) is 48.8 Å². The predicted octanol–water partition coefficient (Wildman–Crippen LogP) is 14.7. The summed E-state index contributed by atoms with van der Waals surface area (Å²) in [5.41, 5.74) is 0. The molecule has 1 amide bonds. The summed E-state index contributed by atoms with van der Waals surface area (Å²) in [5.74, 6) is -0.300. The fourth-order valence-electron chi connectivity index (χ4n) is 10.7. The minimum absolute atomic E-state index is 0.205. The highest BCUT2D eigenvalue weighted by atomic mass is 16.7. The summed E-state index contributed by atoms with van der Waals surface area (Å²) >= 11 is 0. The standard InChI is InChI=1S/C76H127NO13/c1-3-5-7-9-11-13-15-17-19-21-23-25-27-29-31-32-34-35-37-39-41-43-45-47-49-51-53-55-57-59-65(80)64(63-87-75-73(86)71(84)74(67(62-79)89-75)90-76-72(85)70(83)69(82)66(61-78)88-76)77-68(81)60-58-56-54-52-50-48-46-44-42-40-38-36-33-30-28-26-24-22-20-18-16-14-12-10-8-6-4-2/h6,8,12,14,18,20,24,26,30,33,38,40-41,43-44,46,49-52,57,59,64-67,69-76,78-80,82-86H,3-5,7,9-11,13,15-17,19,21-23,25,27-29,31-32,34-37,39,42,45,47-48,53-56,58,60-63H2,1-2H3,(H,77,81)/b8-6-,14-12-,20-18-,26-24-,33-30-,40-38-,43-41+,46-44-,51-49+,52-50-,59-57+. The van der Waals surface area contributed by atoms with Crippen LogP contribution in [0.15, 0.2) is 134 Å². The number of allylic oxidation sites excluding steroid dienone is 21. The van der Waals surface area contributed by atoms with Crippen LogP contribution in [0.1, 0.15) is 245 Å². The third-order valence-corrected chi connectivity index (χ3v) is 16.3. The van der Waals surface area contributed by atoms with Crippen molar-refractivity contribution in [3.05, 3.63) is 134 Å². The Labute approximate surface area is 545 Å². The molecule has 9 N–H and O–H groups in total. The number of nitrogens with one attached hydrogen (secondary N) is 1. The van der Waals surface area contributed by atoms with Crippen molar-refractivity contribution < 1.29 is 64.6 Å². The highest BCUT2D eigenvalue weighted by molar-refractivity contribution is 5.76. The van der Waals surface area contributed by atoms with Gasteiger partial charge in [-0.15, -0.1) is 0 Å². The molecule has 2 rings (SSSR count). The molecule has 0 bridgehead atoms. The van der Waals surface area contributed by atoms with Crippen LogP contribution in [-0.2, 0) is 23.7 Å². The third-order valence-electron chi connectivity index (χ3n) is 16.3. The fraction of sp³-hybridized carbons (Fsp3) is 0.697. The summed E-state index contributed by atoms with van der Waals surface area (Å²) in [4.78, 5) is 13.3. The van der Waals surface area contributed by atoms with Crippen LogP contribution in [0.25, 0.3) is 0 Å². The first-order valence-corrected chi connectivity index (χ1v) is 35.4. The molecular formula is C76H127NO13. The van der Waals surface area contributed by atoms with E-state index < -0.39 is 86.8 Å². The largest absolute Gasteiger partial charge is 0.394 e. The molecule has 12 atom stereocenters. The zero-order valence-corrected chi connectivity index (χ0v) is 55.8. The van der Waals surface area contributed by atoms with Crippen molar-refractivity contribution in [2.24, 2.45) is 0 Å². The van der Waals surface area contributed by atoms with Crippen LogP contribution < -0.4 is 5.32 Å². The zero-order chi connectivity index (χ0) is 65.2. The highest BCUT2D eigenvalue weighted by Gasteiger charge is 2.51. The summed E-state index contributed by atoms with van der Waals surface area (Å²) in [5, 5.41) is 87.4. The maximum absolute atomic E-state index is 13.3. The molecule has 2 heterocycles. The topological polar surface area (TPSA) is 228 Å². The molecule has 514 valence electrons. The summed E-state index contributed by atoms with van der Waals surface area (Å²) in [6.45, 7) is 2.64. The van der Waals surface area contributed by atoms with Crippen molar-refractivity contribution in [2.45, 2.75) is 319 Å². The molecule has 12 unspecified atom stereocenters. The van der Waals surface area contributed by atoms with Gasteiger partial charge in [-0.25, -0.2) is 0 Å². The number of aliphatic hydroxyl groups is 8. The predicted molar refractivity (Wildman–Crippen MR) is 368 cm³/mol. The maximum Gasteiger partial charge on any atom is 0.220 e. The maximum atomic E-state index is 13.3. The number of unbranched alkanes of at least 4 members (excludes halogenated alkanes) is 23. The molecule has 2 aliphatic heterocycles. The van der Waals surface area contributed by atoms with E-state index in [9.17, 15) is 45.6 Å². The number of ether oxygens (including phenoxy) is 4. The van der Waals surface area contributed by atoms with E-state index in [1.54, 1.807) is 6.08 Å². The Balaban J connectivity index is 1.75. The zero-order valence-electron chi connectivity index (χ0n) is 55.8. The lowest BCUT2D eigenvalue weighted by Crippen LogP contribution is -2.65. The number of carbonyl (C=O) groups is 1. The minimum atomic E-state index is -1.81. The van der Waals surface area contributed by atoms with Gasteiger partial charge in [0.05, 0.1) is 32.0 Å². The lowest BCUT2D eigenvalue weighted by atomic mass is 9.97. The molecule has 2 saturated heterocycles. The van der Waals surface area contributed by atoms with E-state index in [1.807, 2.05) is 6.08 Å². The van der Waals surface area contributed by atoms with Gasteiger partial charge < -0.3 is 65.1 Å². The molecule has 0 spiro atoms. The molecule has 0 aliphatic carbocycles. The Morgan fingerprint density at radius 3 is 1.22 bits per heavy atom. The third kappa shape index (κ3) is 42.4. The van der Waals surface area contributed by atoms with Gasteiger partial charge in [-0.2, -0.15) is 0 Å². The summed E-state index contributed by atoms with van der Waals surface area (Å²) < 4.78 is 22.8. The monoisotopic (exact) mass is 1260 g/mol. The summed E-state index contributed by atoms with van der Waals surface area (Å²) in [6, 6.07) is -0.974. The second-order valence-electron chi connectivity index (χ2n) is 24.3. The molecule has 90 heavy (non-hydrogen) atoms. The van der Waals surface area contributed by atoms with Gasteiger partial charge in [0.25, 0.3) is 0 Å². The van der Waals surface area contributed by atoms with Gasteiger partial charge in [0, 0.05) is 6.42 Å². The van der Waals surface area contributed by atoms with Crippen LogP contribution in [0, 0.1) is 0 Å². The Morgan fingerprint density at radius 1 is 0.411 bits per heavy atom. The van der Waals surface area contributed by atoms with Crippen molar-refractivity contribution in [3.8, 4) is 0 Å². The molecule has 0 radical (unpaired) electrons. The Hall–Kier alpha value is -3.87. The van der Waals surface area contributed by atoms with Crippen molar-refractivity contribution in [1.29, 1.82) is 0 Å². The Kier molecular flexibility index (Phi) is 53.8. The lowest BCUT2D eigenvalue weighted by Gasteiger charge is -2.46. The molecule has 0 aromatic carbocycles. The number of carbonyl (C=O) groups excluding carboxylic acids is 1. The number of hydrogen-bond acceptors (Lipinski definition) is 13. The SMILES string of the molecule is CC/C=C\C/C=C\C/C=C\C/C=C\C/C=C\C/C=C\C/C=C\C/C=C\CCCCC(=O)NC(COC1OC(CO)C(OC2OC(CO)C(O)C(O)C2O)C(O)C1O)C(O)/C=C/CC/C=C/CC/C=C/CCCCCCCCCCCCCCCCCCCCC. The minimum Gasteiger partial charge on any atom is -0.394 e. The van der Waals surface area contributed by atoms with Crippen LogP contribution in [0.3, 0.4) is 0 Å². The highest BCUT2D eigenvalue weighted by Crippen LogP contribution is 2.30. The smallest absolute Gasteiger partial charge is 0.220 e. The van der Waals surface area contributed by atoms with E-state index in [0.29, 0.717) is 12.8 Å². The number of rotatable bonds is 56. The van der Waals surface area contributed by atoms with E-state index in [2.05, 4.69) is 141 Å². The average Bonchev–Trinajstić information content (AvgIpc) is 1.41. The molecule has 2 fully saturated rings. The molecule has 14 heteroatoms.